The molecular weight excluding hydrogens is 520 g/mol. The number of ether oxygens (including phenoxy) is 1. The van der Waals surface area contributed by atoms with Crippen LogP contribution in [0.1, 0.15) is 170 Å². The first kappa shape index (κ1) is 40.7. The largest absolute Gasteiger partial charge is 0.371 e. The van der Waals surface area contributed by atoms with Crippen LogP contribution in [-0.4, -0.2) is 38.6 Å². The topological polar surface area (TPSA) is 64.6 Å². The summed E-state index contributed by atoms with van der Waals surface area (Å²) in [6.07, 6.45) is 26.3. The molecule has 248 valence electrons. The number of rotatable bonds is 34. The van der Waals surface area contributed by atoms with E-state index in [-0.39, 0.29) is 25.4 Å². The molecule has 0 aromatic rings. The van der Waals surface area contributed by atoms with Crippen molar-refractivity contribution in [3.63, 3.8) is 0 Å². The van der Waals surface area contributed by atoms with E-state index >= 15 is 0 Å². The molecule has 0 aliphatic carbocycles. The molecule has 0 rings (SSSR count). The second-order valence-corrected chi connectivity index (χ2v) is 12.5. The minimum Gasteiger partial charge on any atom is -0.371 e. The fraction of sp³-hybridized carbons (Fsp3) is 1.00. The third-order valence-electron chi connectivity index (χ3n) is 7.57. The van der Waals surface area contributed by atoms with Gasteiger partial charge in [-0.05, 0) is 38.5 Å². The molecule has 0 saturated heterocycles. The van der Waals surface area contributed by atoms with Crippen molar-refractivity contribution in [2.24, 2.45) is 11.8 Å². The molecule has 0 heterocycles. The van der Waals surface area contributed by atoms with Crippen molar-refractivity contribution in [2.75, 3.05) is 26.4 Å². The third-order valence-corrected chi connectivity index (χ3v) is 7.57. The Kier molecular flexibility index (Phi) is 32.4. The first-order chi connectivity index (χ1) is 20.0. The Hall–Kier alpha value is -0.280. The Morgan fingerprint density at radius 2 is 0.659 bits per heavy atom. The molecule has 0 spiro atoms. The normalized spacial score (nSPS) is 14.8. The fourth-order valence-electron chi connectivity index (χ4n) is 4.85. The standard InChI is InChI=1S/C34H70O7/c1-7-9-11-13-15-17-19-21-23-25-31(3)27-35-40-37-29-33(5)39-34(6)30-38-41-36-28-32(4)26-24-22-20-18-16-14-12-10-8-2/h31-34H,7-30H2,1-6H3. The highest BCUT2D eigenvalue weighted by atomic mass is 17.5. The molecule has 7 heteroatoms. The van der Waals surface area contributed by atoms with Crippen LogP contribution in [0.4, 0.5) is 0 Å². The zero-order valence-electron chi connectivity index (χ0n) is 28.1. The first-order valence-corrected chi connectivity index (χ1v) is 17.5. The zero-order chi connectivity index (χ0) is 30.2. The lowest BCUT2D eigenvalue weighted by atomic mass is 10.0. The van der Waals surface area contributed by atoms with Gasteiger partial charge in [0.15, 0.2) is 0 Å². The van der Waals surface area contributed by atoms with E-state index in [2.05, 4.69) is 27.7 Å². The molecule has 0 bridgehead atoms. The monoisotopic (exact) mass is 591 g/mol. The highest BCUT2D eigenvalue weighted by molar-refractivity contribution is 4.55. The number of unbranched alkanes of at least 4 members (excludes halogenated alkanes) is 16. The Balaban J connectivity index is 3.46. The maximum absolute atomic E-state index is 5.81. The van der Waals surface area contributed by atoms with Gasteiger partial charge in [-0.1, -0.05) is 153 Å². The van der Waals surface area contributed by atoms with E-state index in [1.807, 2.05) is 13.8 Å². The first-order valence-electron chi connectivity index (χ1n) is 17.5. The Morgan fingerprint density at radius 3 is 1.00 bits per heavy atom. The third kappa shape index (κ3) is 32.5. The van der Waals surface area contributed by atoms with Gasteiger partial charge in [0.1, 0.15) is 13.2 Å². The quantitative estimate of drug-likeness (QED) is 0.0419. The average Bonchev–Trinajstić information content (AvgIpc) is 2.95. The van der Waals surface area contributed by atoms with Crippen molar-refractivity contribution in [2.45, 2.75) is 182 Å². The summed E-state index contributed by atoms with van der Waals surface area (Å²) in [5.41, 5.74) is 0. The second-order valence-electron chi connectivity index (χ2n) is 12.5. The lowest BCUT2D eigenvalue weighted by Crippen LogP contribution is -2.25. The lowest BCUT2D eigenvalue weighted by molar-refractivity contribution is -0.522. The summed E-state index contributed by atoms with van der Waals surface area (Å²) in [5, 5.41) is 9.79. The van der Waals surface area contributed by atoms with E-state index in [1.54, 1.807) is 0 Å². The highest BCUT2D eigenvalue weighted by Crippen LogP contribution is 2.15. The highest BCUT2D eigenvalue weighted by Gasteiger charge is 2.12. The van der Waals surface area contributed by atoms with Gasteiger partial charge in [0, 0.05) is 0 Å². The van der Waals surface area contributed by atoms with Gasteiger partial charge in [-0.15, -0.1) is 0 Å². The van der Waals surface area contributed by atoms with E-state index in [9.17, 15) is 0 Å². The maximum atomic E-state index is 5.81. The summed E-state index contributed by atoms with van der Waals surface area (Å²) in [7, 11) is 0. The van der Waals surface area contributed by atoms with Gasteiger partial charge in [0.2, 0.25) is 0 Å². The van der Waals surface area contributed by atoms with Crippen LogP contribution in [0.15, 0.2) is 0 Å². The van der Waals surface area contributed by atoms with Crippen molar-refractivity contribution in [3.8, 4) is 0 Å². The van der Waals surface area contributed by atoms with E-state index in [0.717, 1.165) is 12.8 Å². The molecule has 0 N–H and O–H groups in total. The Bertz CT molecular complexity index is 452. The SMILES string of the molecule is CCCCCCCCCCCC(C)COOOCC(C)OC(C)COOOCC(C)CCCCCCCCCCC. The van der Waals surface area contributed by atoms with Gasteiger partial charge in [0.25, 0.3) is 0 Å². The Labute approximate surface area is 254 Å². The molecule has 0 aliphatic heterocycles. The van der Waals surface area contributed by atoms with Crippen molar-refractivity contribution < 1.29 is 34.4 Å². The molecule has 0 saturated carbocycles. The van der Waals surface area contributed by atoms with Crippen LogP contribution < -0.4 is 0 Å². The molecule has 0 radical (unpaired) electrons. The maximum Gasteiger partial charge on any atom is 0.111 e. The number of hydrogen-bond acceptors (Lipinski definition) is 7. The molecule has 0 aromatic carbocycles. The predicted molar refractivity (Wildman–Crippen MR) is 168 cm³/mol. The number of hydrogen-bond donors (Lipinski definition) is 0. The van der Waals surface area contributed by atoms with Crippen molar-refractivity contribution in [1.82, 2.24) is 0 Å². The summed E-state index contributed by atoms with van der Waals surface area (Å²) in [4.78, 5) is 20.7. The molecule has 4 unspecified atom stereocenters. The van der Waals surface area contributed by atoms with Crippen LogP contribution in [0.25, 0.3) is 0 Å². The minimum absolute atomic E-state index is 0.172. The smallest absolute Gasteiger partial charge is 0.111 e. The zero-order valence-corrected chi connectivity index (χ0v) is 28.1. The minimum atomic E-state index is -0.172. The van der Waals surface area contributed by atoms with E-state index in [0.29, 0.717) is 25.0 Å². The second kappa shape index (κ2) is 32.6. The molecule has 0 aromatic heterocycles. The van der Waals surface area contributed by atoms with Crippen molar-refractivity contribution in [1.29, 1.82) is 0 Å². The van der Waals surface area contributed by atoms with Gasteiger partial charge in [-0.25, -0.2) is 19.6 Å². The molecule has 0 amide bonds. The molecule has 0 aliphatic rings. The summed E-state index contributed by atoms with van der Waals surface area (Å²) in [6.45, 7) is 14.3. The molecule has 7 nitrogen and oxygen atoms in total. The van der Waals surface area contributed by atoms with Gasteiger partial charge in [-0.2, -0.15) is 0 Å². The van der Waals surface area contributed by atoms with Gasteiger partial charge in [-0.3, -0.25) is 0 Å². The molecular formula is C34H70O7. The van der Waals surface area contributed by atoms with E-state index < -0.39 is 0 Å². The summed E-state index contributed by atoms with van der Waals surface area (Å²) in [6, 6.07) is 0. The van der Waals surface area contributed by atoms with Crippen molar-refractivity contribution >= 4 is 0 Å². The predicted octanol–water partition coefficient (Wildman–Crippen LogP) is 10.7. The van der Waals surface area contributed by atoms with Crippen LogP contribution >= 0.6 is 0 Å². The van der Waals surface area contributed by atoms with Gasteiger partial charge < -0.3 is 4.74 Å². The summed E-state index contributed by atoms with van der Waals surface area (Å²) >= 11 is 0. The molecule has 4 atom stereocenters. The van der Waals surface area contributed by atoms with Crippen LogP contribution in [-0.2, 0) is 34.4 Å². The molecule has 0 fully saturated rings. The summed E-state index contributed by atoms with van der Waals surface area (Å²) in [5.74, 6) is 0.906. The lowest BCUT2D eigenvalue weighted by Gasteiger charge is -2.18. The average molecular weight is 591 g/mol. The van der Waals surface area contributed by atoms with Crippen LogP contribution in [0.2, 0.25) is 0 Å². The van der Waals surface area contributed by atoms with E-state index in [1.165, 1.54) is 116 Å². The van der Waals surface area contributed by atoms with Gasteiger partial charge >= 0.3 is 0 Å². The fourth-order valence-corrected chi connectivity index (χ4v) is 4.85. The van der Waals surface area contributed by atoms with Crippen LogP contribution in [0, 0.1) is 11.8 Å². The van der Waals surface area contributed by atoms with Crippen molar-refractivity contribution in [3.05, 3.63) is 0 Å². The van der Waals surface area contributed by atoms with Crippen LogP contribution in [0.3, 0.4) is 0 Å². The van der Waals surface area contributed by atoms with Crippen LogP contribution in [0.5, 0.6) is 0 Å². The van der Waals surface area contributed by atoms with Gasteiger partial charge in [0.05, 0.1) is 25.4 Å². The summed E-state index contributed by atoms with van der Waals surface area (Å²) < 4.78 is 5.81. The van der Waals surface area contributed by atoms with E-state index in [4.69, 9.17) is 34.4 Å². The Morgan fingerprint density at radius 1 is 0.366 bits per heavy atom. The molecule has 41 heavy (non-hydrogen) atoms.